The summed E-state index contributed by atoms with van der Waals surface area (Å²) in [6, 6.07) is 2.72. The molecule has 1 aliphatic rings. The lowest BCUT2D eigenvalue weighted by atomic mass is 10.0. The van der Waals surface area contributed by atoms with Gasteiger partial charge in [0.1, 0.15) is 5.75 Å². The minimum Gasteiger partial charge on any atom is -0.506 e. The van der Waals surface area contributed by atoms with E-state index in [-0.39, 0.29) is 96.2 Å². The molecule has 2 rings (SSSR count). The quantitative estimate of drug-likeness (QED) is 0.125. The highest BCUT2D eigenvalue weighted by atomic mass is 16.4. The number of hydrogen-bond donors (Lipinski definition) is 7. The maximum atomic E-state index is 13.0. The Morgan fingerprint density at radius 2 is 0.932 bits per heavy atom. The van der Waals surface area contributed by atoms with Crippen molar-refractivity contribution >= 4 is 35.6 Å². The lowest BCUT2D eigenvalue weighted by molar-refractivity contribution is -0.140. The van der Waals surface area contributed by atoms with Crippen LogP contribution in [0, 0.1) is 0 Å². The lowest BCUT2D eigenvalue weighted by Gasteiger charge is -2.32. The Morgan fingerprint density at radius 1 is 0.614 bits per heavy atom. The van der Waals surface area contributed by atoms with Crippen LogP contribution in [0.3, 0.4) is 0 Å². The van der Waals surface area contributed by atoms with Crippen LogP contribution >= 0.6 is 0 Å². The van der Waals surface area contributed by atoms with Crippen molar-refractivity contribution in [3.8, 4) is 5.75 Å². The SMILES string of the molecule is CNC(=O)c1cc(CNC(=O)CN2CCN(CC(=O)O)CCN(CC(=O)O)CCN(CC(=O)O)CC2)cc(C(=O)NC)c1O. The minimum atomic E-state index is -1.06. The van der Waals surface area contributed by atoms with Crippen LogP contribution in [0.5, 0.6) is 5.75 Å². The van der Waals surface area contributed by atoms with Crippen molar-refractivity contribution < 1.29 is 49.2 Å². The van der Waals surface area contributed by atoms with Gasteiger partial charge >= 0.3 is 17.9 Å². The predicted molar refractivity (Wildman–Crippen MR) is 155 cm³/mol. The Morgan fingerprint density at radius 3 is 1.23 bits per heavy atom. The fourth-order valence-electron chi connectivity index (χ4n) is 4.66. The average molecular weight is 624 g/mol. The largest absolute Gasteiger partial charge is 0.506 e. The van der Waals surface area contributed by atoms with Gasteiger partial charge in [-0.05, 0) is 17.7 Å². The molecule has 1 aromatic rings. The van der Waals surface area contributed by atoms with Crippen molar-refractivity contribution in [1.29, 1.82) is 0 Å². The van der Waals surface area contributed by atoms with E-state index in [2.05, 4.69) is 16.0 Å². The van der Waals surface area contributed by atoms with Gasteiger partial charge in [0.25, 0.3) is 11.8 Å². The smallest absolute Gasteiger partial charge is 0.317 e. The summed E-state index contributed by atoms with van der Waals surface area (Å²) in [6.07, 6.45) is 0. The van der Waals surface area contributed by atoms with Gasteiger partial charge in [0.2, 0.25) is 5.91 Å². The number of aromatic hydroxyl groups is 1. The first kappa shape index (κ1) is 35.9. The number of aliphatic carboxylic acids is 3. The first-order chi connectivity index (χ1) is 20.8. The third-order valence-corrected chi connectivity index (χ3v) is 6.98. The van der Waals surface area contributed by atoms with Crippen molar-refractivity contribution in [3.63, 3.8) is 0 Å². The van der Waals surface area contributed by atoms with Gasteiger partial charge < -0.3 is 36.4 Å². The number of hydrogen-bond acceptors (Lipinski definition) is 11. The van der Waals surface area contributed by atoms with Crippen molar-refractivity contribution in [2.45, 2.75) is 6.54 Å². The number of benzene rings is 1. The first-order valence-corrected chi connectivity index (χ1v) is 13.9. The zero-order valence-corrected chi connectivity index (χ0v) is 24.9. The number of rotatable bonds is 12. The summed E-state index contributed by atoms with van der Waals surface area (Å²) < 4.78 is 0. The molecule has 0 aliphatic carbocycles. The molecule has 0 aromatic heterocycles. The molecule has 1 saturated heterocycles. The number of carboxylic acid groups (broad SMARTS) is 3. The van der Waals surface area contributed by atoms with E-state index in [1.165, 1.54) is 26.2 Å². The Bertz CT molecular complexity index is 1140. The summed E-state index contributed by atoms with van der Waals surface area (Å²) in [5.41, 5.74) is 0.105. The number of carboxylic acids is 3. The molecule has 7 N–H and O–H groups in total. The van der Waals surface area contributed by atoms with Crippen LogP contribution in [-0.4, -0.2) is 168 Å². The monoisotopic (exact) mass is 623 g/mol. The van der Waals surface area contributed by atoms with Crippen LogP contribution in [0.25, 0.3) is 0 Å². The van der Waals surface area contributed by atoms with Crippen LogP contribution < -0.4 is 16.0 Å². The molecule has 1 heterocycles. The van der Waals surface area contributed by atoms with Gasteiger partial charge in [-0.2, -0.15) is 0 Å². The van der Waals surface area contributed by atoms with Crippen molar-refractivity contribution in [2.24, 2.45) is 0 Å². The molecule has 0 saturated carbocycles. The lowest BCUT2D eigenvalue weighted by Crippen LogP contribution is -2.49. The van der Waals surface area contributed by atoms with Crippen molar-refractivity contribution in [2.75, 3.05) is 92.6 Å². The summed E-state index contributed by atoms with van der Waals surface area (Å²) >= 11 is 0. The highest BCUT2D eigenvalue weighted by Gasteiger charge is 2.22. The fraction of sp³-hybridized carbons (Fsp3) is 0.556. The molecule has 1 aliphatic heterocycles. The van der Waals surface area contributed by atoms with E-state index in [1.54, 1.807) is 19.6 Å². The Hall–Kier alpha value is -4.32. The summed E-state index contributed by atoms with van der Waals surface area (Å²) in [4.78, 5) is 78.5. The van der Waals surface area contributed by atoms with E-state index in [9.17, 15) is 49.2 Å². The first-order valence-electron chi connectivity index (χ1n) is 13.9. The summed E-state index contributed by atoms with van der Waals surface area (Å²) in [7, 11) is 2.74. The molecule has 0 spiro atoms. The Labute approximate surface area is 254 Å². The van der Waals surface area contributed by atoms with Gasteiger partial charge in [-0.25, -0.2) is 0 Å². The summed E-state index contributed by atoms with van der Waals surface area (Å²) in [6.45, 7) is 1.02. The number of nitrogens with zero attached hydrogens (tertiary/aromatic N) is 4. The second-order valence-electron chi connectivity index (χ2n) is 10.3. The Kier molecular flexibility index (Phi) is 14.4. The molecule has 1 aromatic carbocycles. The predicted octanol–water partition coefficient (Wildman–Crippen LogP) is -2.80. The molecule has 0 bridgehead atoms. The van der Waals surface area contributed by atoms with Gasteiger partial charge in [0.15, 0.2) is 0 Å². The second kappa shape index (κ2) is 17.7. The van der Waals surface area contributed by atoms with E-state index >= 15 is 0 Å². The molecule has 17 nitrogen and oxygen atoms in total. The summed E-state index contributed by atoms with van der Waals surface area (Å²) in [5.74, 6) is -5.33. The highest BCUT2D eigenvalue weighted by molar-refractivity contribution is 6.04. The van der Waals surface area contributed by atoms with Crippen LogP contribution in [0.15, 0.2) is 12.1 Å². The third kappa shape index (κ3) is 12.1. The van der Waals surface area contributed by atoms with Gasteiger partial charge in [-0.15, -0.1) is 0 Å². The van der Waals surface area contributed by atoms with Gasteiger partial charge in [-0.1, -0.05) is 0 Å². The molecular weight excluding hydrogens is 582 g/mol. The van der Waals surface area contributed by atoms with E-state index in [0.717, 1.165) is 0 Å². The number of carbonyl (C=O) groups is 6. The number of phenols is 1. The third-order valence-electron chi connectivity index (χ3n) is 6.98. The van der Waals surface area contributed by atoms with Crippen LogP contribution in [0.4, 0.5) is 0 Å². The molecular formula is C27H41N7O10. The van der Waals surface area contributed by atoms with Gasteiger partial charge in [0, 0.05) is 73.0 Å². The van der Waals surface area contributed by atoms with Gasteiger partial charge in [0.05, 0.1) is 37.3 Å². The number of carbonyl (C=O) groups excluding carboxylic acids is 3. The molecule has 3 amide bonds. The van der Waals surface area contributed by atoms with Gasteiger partial charge in [-0.3, -0.25) is 48.4 Å². The maximum absolute atomic E-state index is 13.0. The number of phenolic OH excluding ortho intramolecular Hbond substituents is 1. The standard InChI is InChI=1S/C27H41N7O10/c1-28-26(43)19-11-18(12-20(25(19)42)27(44)29-2)13-30-21(35)14-31-3-5-32(15-22(36)37)7-9-34(17-24(40)41)10-8-33(6-4-31)16-23(38)39/h11-12,42H,3-10,13-17H2,1-2H3,(H,28,43)(H,29,44)(H,30,35)(H,36,37)(H,38,39)(H,40,41). The molecule has 0 radical (unpaired) electrons. The second-order valence-corrected chi connectivity index (χ2v) is 10.3. The maximum Gasteiger partial charge on any atom is 0.317 e. The van der Waals surface area contributed by atoms with Crippen molar-refractivity contribution in [3.05, 3.63) is 28.8 Å². The van der Waals surface area contributed by atoms with Crippen LogP contribution in [0.2, 0.25) is 0 Å². The van der Waals surface area contributed by atoms with E-state index in [1.807, 2.05) is 0 Å². The molecule has 0 atom stereocenters. The summed E-state index contributed by atoms with van der Waals surface area (Å²) in [5, 5.41) is 45.9. The highest BCUT2D eigenvalue weighted by Crippen LogP contribution is 2.25. The van der Waals surface area contributed by atoms with E-state index < -0.39 is 41.4 Å². The number of amides is 3. The molecule has 244 valence electrons. The zero-order chi connectivity index (χ0) is 32.8. The normalized spacial score (nSPS) is 16.2. The molecule has 0 unspecified atom stereocenters. The van der Waals surface area contributed by atoms with E-state index in [0.29, 0.717) is 5.56 Å². The van der Waals surface area contributed by atoms with Crippen LogP contribution in [-0.2, 0) is 25.7 Å². The minimum absolute atomic E-state index is 0.0728. The molecule has 44 heavy (non-hydrogen) atoms. The average Bonchev–Trinajstić information content (AvgIpc) is 2.96. The Balaban J connectivity index is 2.19. The molecule has 1 fully saturated rings. The fourth-order valence-corrected chi connectivity index (χ4v) is 4.66. The topological polar surface area (TPSA) is 232 Å². The molecule has 17 heteroatoms. The number of nitrogens with one attached hydrogen (secondary N) is 3. The van der Waals surface area contributed by atoms with E-state index in [4.69, 9.17) is 0 Å². The van der Waals surface area contributed by atoms with Crippen molar-refractivity contribution in [1.82, 2.24) is 35.6 Å². The zero-order valence-electron chi connectivity index (χ0n) is 24.9. The van der Waals surface area contributed by atoms with Crippen LogP contribution in [0.1, 0.15) is 26.3 Å².